The van der Waals surface area contributed by atoms with Crippen LogP contribution < -0.4 is 0 Å². The number of hydrogen-bond donors (Lipinski definition) is 0. The molecule has 0 rings (SSSR count). The molecule has 0 radical (unpaired) electrons. The van der Waals surface area contributed by atoms with E-state index in [1.165, 1.54) is 44.9 Å². The Labute approximate surface area is 104 Å². The minimum Gasteiger partial charge on any atom is -0.0654 e. The second kappa shape index (κ2) is 8.14. The van der Waals surface area contributed by atoms with Gasteiger partial charge in [-0.25, -0.2) is 0 Å². The van der Waals surface area contributed by atoms with Crippen LogP contribution in [0.15, 0.2) is 0 Å². The summed E-state index contributed by atoms with van der Waals surface area (Å²) in [5.74, 6) is 1.86. The topological polar surface area (TPSA) is 0 Å². The van der Waals surface area contributed by atoms with Crippen LogP contribution >= 0.6 is 0 Å². The van der Waals surface area contributed by atoms with E-state index in [4.69, 9.17) is 0 Å². The first kappa shape index (κ1) is 16.0. The zero-order valence-corrected chi connectivity index (χ0v) is 12.6. The molecule has 0 N–H and O–H groups in total. The number of hydrogen-bond acceptors (Lipinski definition) is 0. The van der Waals surface area contributed by atoms with Crippen LogP contribution in [0.3, 0.4) is 0 Å². The summed E-state index contributed by atoms with van der Waals surface area (Å²) in [6.45, 7) is 14.3. The molecule has 0 aliphatic heterocycles. The second-order valence-corrected chi connectivity index (χ2v) is 6.41. The van der Waals surface area contributed by atoms with E-state index in [2.05, 4.69) is 41.5 Å². The largest absolute Gasteiger partial charge is 0.0654 e. The van der Waals surface area contributed by atoms with Gasteiger partial charge in [-0.15, -0.1) is 0 Å². The summed E-state index contributed by atoms with van der Waals surface area (Å²) in [4.78, 5) is 0. The zero-order valence-electron chi connectivity index (χ0n) is 12.6. The first-order chi connectivity index (χ1) is 7.46. The summed E-state index contributed by atoms with van der Waals surface area (Å²) in [5, 5.41) is 0. The van der Waals surface area contributed by atoms with Crippen molar-refractivity contribution >= 4 is 0 Å². The lowest BCUT2D eigenvalue weighted by Crippen LogP contribution is -2.20. The lowest BCUT2D eigenvalue weighted by atomic mass is 9.74. The summed E-state index contributed by atoms with van der Waals surface area (Å²) < 4.78 is 0. The van der Waals surface area contributed by atoms with E-state index in [9.17, 15) is 0 Å². The van der Waals surface area contributed by atoms with Crippen molar-refractivity contribution in [3.05, 3.63) is 0 Å². The molecular weight excluding hydrogens is 192 g/mol. The lowest BCUT2D eigenvalue weighted by Gasteiger charge is -2.32. The maximum atomic E-state index is 2.47. The van der Waals surface area contributed by atoms with Crippen molar-refractivity contribution in [1.29, 1.82) is 0 Å². The van der Waals surface area contributed by atoms with Crippen LogP contribution in [0.4, 0.5) is 0 Å². The molecule has 0 aromatic rings. The molecule has 0 aromatic carbocycles. The number of unbranched alkanes of at least 4 members (excludes halogenated alkanes) is 1. The highest BCUT2D eigenvalue weighted by atomic mass is 14.3. The summed E-state index contributed by atoms with van der Waals surface area (Å²) in [6, 6.07) is 0. The predicted octanol–water partition coefficient (Wildman–Crippen LogP) is 6.06. The van der Waals surface area contributed by atoms with Crippen molar-refractivity contribution in [1.82, 2.24) is 0 Å². The van der Waals surface area contributed by atoms with Gasteiger partial charge in [0, 0.05) is 0 Å². The maximum Gasteiger partial charge on any atom is -0.0352 e. The zero-order chi connectivity index (χ0) is 12.6. The van der Waals surface area contributed by atoms with Crippen LogP contribution in [0, 0.1) is 17.3 Å². The molecule has 0 aliphatic rings. The molecule has 16 heavy (non-hydrogen) atoms. The summed E-state index contributed by atoms with van der Waals surface area (Å²) in [7, 11) is 0. The molecule has 98 valence electrons. The average Bonchev–Trinajstić information content (AvgIpc) is 2.17. The molecule has 0 fully saturated rings. The quantitative estimate of drug-likeness (QED) is 0.448. The third-order valence-corrected chi connectivity index (χ3v) is 4.06. The van der Waals surface area contributed by atoms with Gasteiger partial charge >= 0.3 is 0 Å². The number of rotatable bonds is 9. The van der Waals surface area contributed by atoms with Gasteiger partial charge in [0.25, 0.3) is 0 Å². The Morgan fingerprint density at radius 2 is 1.62 bits per heavy atom. The first-order valence-electron chi connectivity index (χ1n) is 7.46. The van der Waals surface area contributed by atoms with E-state index in [0.29, 0.717) is 5.41 Å². The molecule has 0 aliphatic carbocycles. The monoisotopic (exact) mass is 226 g/mol. The van der Waals surface area contributed by atoms with Crippen molar-refractivity contribution in [2.75, 3.05) is 0 Å². The molecular formula is C16H34. The fourth-order valence-corrected chi connectivity index (χ4v) is 3.17. The van der Waals surface area contributed by atoms with E-state index >= 15 is 0 Å². The summed E-state index contributed by atoms with van der Waals surface area (Å²) >= 11 is 0. The molecule has 0 bridgehead atoms. The molecule has 0 heteroatoms. The molecule has 0 spiro atoms. The van der Waals surface area contributed by atoms with Gasteiger partial charge in [-0.1, -0.05) is 73.6 Å². The highest BCUT2D eigenvalue weighted by Crippen LogP contribution is 2.35. The first-order valence-corrected chi connectivity index (χ1v) is 7.46. The third-order valence-electron chi connectivity index (χ3n) is 4.06. The van der Waals surface area contributed by atoms with Crippen molar-refractivity contribution in [2.24, 2.45) is 17.3 Å². The van der Waals surface area contributed by atoms with E-state index in [1.54, 1.807) is 0 Å². The van der Waals surface area contributed by atoms with Crippen LogP contribution in [0.25, 0.3) is 0 Å². The Morgan fingerprint density at radius 3 is 2.06 bits per heavy atom. The van der Waals surface area contributed by atoms with Gasteiger partial charge in [0.2, 0.25) is 0 Å². The van der Waals surface area contributed by atoms with Gasteiger partial charge in [0.15, 0.2) is 0 Å². The Balaban J connectivity index is 4.13. The normalized spacial score (nSPS) is 16.1. The Bertz CT molecular complexity index is 157. The van der Waals surface area contributed by atoms with E-state index in [0.717, 1.165) is 11.8 Å². The summed E-state index contributed by atoms with van der Waals surface area (Å²) in [6.07, 6.45) is 9.68. The average molecular weight is 226 g/mol. The van der Waals surface area contributed by atoms with Crippen LogP contribution in [-0.4, -0.2) is 0 Å². The molecule has 0 saturated heterocycles. The van der Waals surface area contributed by atoms with Gasteiger partial charge in [0.1, 0.15) is 0 Å². The standard InChI is InChI=1S/C16H34/c1-7-10-11-15(9-3)14(4)13-16(5,6)12-8-2/h14-15H,7-13H2,1-6H3. The molecule has 0 heterocycles. The molecule has 0 saturated carbocycles. The van der Waals surface area contributed by atoms with Crippen LogP contribution in [0.2, 0.25) is 0 Å². The van der Waals surface area contributed by atoms with Crippen LogP contribution in [-0.2, 0) is 0 Å². The van der Waals surface area contributed by atoms with E-state index in [1.807, 2.05) is 0 Å². The van der Waals surface area contributed by atoms with E-state index in [-0.39, 0.29) is 0 Å². The van der Waals surface area contributed by atoms with Crippen molar-refractivity contribution in [3.63, 3.8) is 0 Å². The minimum atomic E-state index is 0.549. The van der Waals surface area contributed by atoms with Crippen molar-refractivity contribution in [2.45, 2.75) is 86.5 Å². The van der Waals surface area contributed by atoms with Gasteiger partial charge < -0.3 is 0 Å². The Kier molecular flexibility index (Phi) is 8.14. The Morgan fingerprint density at radius 1 is 1.00 bits per heavy atom. The smallest absolute Gasteiger partial charge is 0.0352 e. The predicted molar refractivity (Wildman–Crippen MR) is 75.8 cm³/mol. The van der Waals surface area contributed by atoms with Crippen molar-refractivity contribution in [3.8, 4) is 0 Å². The highest BCUT2D eigenvalue weighted by Gasteiger charge is 2.24. The fraction of sp³-hybridized carbons (Fsp3) is 1.00. The van der Waals surface area contributed by atoms with E-state index < -0.39 is 0 Å². The van der Waals surface area contributed by atoms with Gasteiger partial charge in [-0.2, -0.15) is 0 Å². The highest BCUT2D eigenvalue weighted by molar-refractivity contribution is 4.75. The van der Waals surface area contributed by atoms with Crippen molar-refractivity contribution < 1.29 is 0 Å². The molecule has 0 nitrogen and oxygen atoms in total. The van der Waals surface area contributed by atoms with Crippen LogP contribution in [0.5, 0.6) is 0 Å². The molecule has 2 atom stereocenters. The second-order valence-electron chi connectivity index (χ2n) is 6.41. The SMILES string of the molecule is CCCCC(CC)C(C)CC(C)(C)CCC. The minimum absolute atomic E-state index is 0.549. The molecule has 2 unspecified atom stereocenters. The third kappa shape index (κ3) is 6.55. The molecule has 0 amide bonds. The summed E-state index contributed by atoms with van der Waals surface area (Å²) in [5.41, 5.74) is 0.549. The van der Waals surface area contributed by atoms with Gasteiger partial charge in [-0.05, 0) is 30.1 Å². The van der Waals surface area contributed by atoms with Gasteiger partial charge in [0.05, 0.1) is 0 Å². The van der Waals surface area contributed by atoms with Gasteiger partial charge in [-0.3, -0.25) is 0 Å². The lowest BCUT2D eigenvalue weighted by molar-refractivity contribution is 0.194. The Hall–Kier alpha value is 0. The maximum absolute atomic E-state index is 2.47. The molecule has 0 aromatic heterocycles. The van der Waals surface area contributed by atoms with Crippen LogP contribution in [0.1, 0.15) is 86.5 Å². The fourth-order valence-electron chi connectivity index (χ4n) is 3.17.